The number of thioether (sulfide) groups is 1. The summed E-state index contributed by atoms with van der Waals surface area (Å²) in [5.74, 6) is -1.33. The van der Waals surface area contributed by atoms with Crippen LogP contribution in [0.25, 0.3) is 0 Å². The van der Waals surface area contributed by atoms with Gasteiger partial charge >= 0.3 is 12.4 Å². The molecular formula is C19H17F6N3O4S. The molecule has 0 spiro atoms. The topological polar surface area (TPSA) is 85.6 Å². The molecule has 1 aromatic heterocycles. The fourth-order valence-electron chi connectivity index (χ4n) is 3.47. The van der Waals surface area contributed by atoms with Gasteiger partial charge < -0.3 is 19.9 Å². The van der Waals surface area contributed by atoms with Crippen molar-refractivity contribution in [3.63, 3.8) is 0 Å². The highest BCUT2D eigenvalue weighted by molar-refractivity contribution is 7.99. The maximum Gasteiger partial charge on any atom is 0.416 e. The number of halogens is 6. The van der Waals surface area contributed by atoms with E-state index in [1.54, 1.807) is 0 Å². The van der Waals surface area contributed by atoms with Gasteiger partial charge in [-0.2, -0.15) is 31.4 Å². The Hall–Kier alpha value is -2.61. The fourth-order valence-corrected chi connectivity index (χ4v) is 4.25. The molecule has 1 amide bonds. The van der Waals surface area contributed by atoms with Crippen molar-refractivity contribution in [2.45, 2.75) is 37.1 Å². The number of fused-ring (bicyclic) bond motifs is 2. The van der Waals surface area contributed by atoms with Crippen LogP contribution in [0.1, 0.15) is 27.7 Å². The van der Waals surface area contributed by atoms with E-state index in [4.69, 9.17) is 9.47 Å². The van der Waals surface area contributed by atoms with Crippen LogP contribution < -0.4 is 14.8 Å². The minimum Gasteiger partial charge on any atom is -0.491 e. The van der Waals surface area contributed by atoms with E-state index in [0.717, 1.165) is 18.2 Å². The highest BCUT2D eigenvalue weighted by Gasteiger charge is 2.37. The summed E-state index contributed by atoms with van der Waals surface area (Å²) in [6.45, 7) is -0.00985. The number of amides is 1. The highest BCUT2D eigenvalue weighted by atomic mass is 32.2. The number of alkyl halides is 6. The highest BCUT2D eigenvalue weighted by Crippen LogP contribution is 2.38. The van der Waals surface area contributed by atoms with Gasteiger partial charge in [0, 0.05) is 17.4 Å². The minimum atomic E-state index is -4.61. The van der Waals surface area contributed by atoms with Crippen LogP contribution in [0.4, 0.5) is 26.3 Å². The fraction of sp³-hybridized carbons (Fsp3) is 0.474. The number of aliphatic hydroxyl groups excluding tert-OH is 1. The average Bonchev–Trinajstić information content (AvgIpc) is 3.27. The van der Waals surface area contributed by atoms with Gasteiger partial charge in [-0.3, -0.25) is 4.79 Å². The van der Waals surface area contributed by atoms with Crippen molar-refractivity contribution in [1.29, 1.82) is 0 Å². The summed E-state index contributed by atoms with van der Waals surface area (Å²) in [4.78, 5) is 12.5. The van der Waals surface area contributed by atoms with E-state index in [-0.39, 0.29) is 41.8 Å². The van der Waals surface area contributed by atoms with Crippen molar-refractivity contribution < 1.29 is 45.7 Å². The van der Waals surface area contributed by atoms with E-state index in [1.165, 1.54) is 10.7 Å². The smallest absolute Gasteiger partial charge is 0.416 e. The van der Waals surface area contributed by atoms with Crippen LogP contribution in [-0.2, 0) is 12.7 Å². The van der Waals surface area contributed by atoms with Gasteiger partial charge in [0.25, 0.3) is 5.91 Å². The molecule has 2 aliphatic rings. The maximum atomic E-state index is 13.0. The van der Waals surface area contributed by atoms with Crippen molar-refractivity contribution in [3.05, 3.63) is 41.1 Å². The Morgan fingerprint density at radius 1 is 1.24 bits per heavy atom. The Morgan fingerprint density at radius 2 is 2.00 bits per heavy atom. The number of hydrogen-bond donors (Lipinski definition) is 2. The predicted molar refractivity (Wildman–Crippen MR) is 103 cm³/mol. The lowest BCUT2D eigenvalue weighted by atomic mass is 9.97. The number of ether oxygens (including phenoxy) is 2. The molecular weight excluding hydrogens is 480 g/mol. The Labute approximate surface area is 187 Å². The largest absolute Gasteiger partial charge is 0.491 e. The molecule has 33 heavy (non-hydrogen) atoms. The molecule has 0 aliphatic carbocycles. The summed E-state index contributed by atoms with van der Waals surface area (Å²) >= 11 is 0.680. The van der Waals surface area contributed by atoms with E-state index in [9.17, 15) is 36.2 Å². The lowest BCUT2D eigenvalue weighted by Crippen LogP contribution is -2.45. The van der Waals surface area contributed by atoms with E-state index >= 15 is 0 Å². The van der Waals surface area contributed by atoms with Crippen LogP contribution in [0.15, 0.2) is 24.3 Å². The van der Waals surface area contributed by atoms with Gasteiger partial charge in [0.15, 0.2) is 5.69 Å². The molecule has 2 unspecified atom stereocenters. The summed E-state index contributed by atoms with van der Waals surface area (Å²) < 4.78 is 87.9. The van der Waals surface area contributed by atoms with Crippen molar-refractivity contribution in [2.75, 3.05) is 18.1 Å². The second kappa shape index (κ2) is 8.63. The standard InChI is InChI=1S/C19H17F6N3O4S/c20-18(21,22)8-33-7-10-5-28-15(32-10)4-12(27-28)17(30)26-13-6-31-14-2-1-9(19(23,24)25)3-11(14)16(13)29/h1-4,10,13,16,29H,5-8H2,(H,26,30)/t10?,13-,16?/m0/s1. The number of carbonyl (C=O) groups is 1. The van der Waals surface area contributed by atoms with E-state index < -0.39 is 47.8 Å². The van der Waals surface area contributed by atoms with Crippen LogP contribution in [0.3, 0.4) is 0 Å². The minimum absolute atomic E-state index is 0.0755. The van der Waals surface area contributed by atoms with Crippen LogP contribution >= 0.6 is 11.8 Å². The molecule has 0 saturated carbocycles. The molecule has 3 heterocycles. The Morgan fingerprint density at radius 3 is 2.67 bits per heavy atom. The first-order valence-electron chi connectivity index (χ1n) is 9.62. The second-order valence-corrected chi connectivity index (χ2v) is 8.54. The lowest BCUT2D eigenvalue weighted by molar-refractivity contribution is -0.137. The van der Waals surface area contributed by atoms with Crippen molar-refractivity contribution in [1.82, 2.24) is 15.1 Å². The van der Waals surface area contributed by atoms with Crippen molar-refractivity contribution in [2.24, 2.45) is 0 Å². The van der Waals surface area contributed by atoms with Gasteiger partial charge in [0.05, 0.1) is 23.9 Å². The molecule has 0 bridgehead atoms. The maximum absolute atomic E-state index is 13.0. The molecule has 0 saturated heterocycles. The zero-order valence-electron chi connectivity index (χ0n) is 16.6. The number of aromatic nitrogens is 2. The zero-order chi connectivity index (χ0) is 24.0. The SMILES string of the molecule is O=C(N[C@H]1COc2ccc(C(F)(F)F)cc2C1O)c1cc2n(n1)CC(CSCC(F)(F)F)O2. The first-order valence-corrected chi connectivity index (χ1v) is 10.8. The van der Waals surface area contributed by atoms with Crippen LogP contribution in [-0.4, -0.2) is 57.2 Å². The van der Waals surface area contributed by atoms with Crippen LogP contribution in [0.5, 0.6) is 11.6 Å². The van der Waals surface area contributed by atoms with Gasteiger partial charge in [-0.25, -0.2) is 4.68 Å². The summed E-state index contributed by atoms with van der Waals surface area (Å²) in [6, 6.07) is 2.99. The first kappa shape index (κ1) is 23.5. The van der Waals surface area contributed by atoms with Crippen LogP contribution in [0.2, 0.25) is 0 Å². The molecule has 0 radical (unpaired) electrons. The molecule has 3 atom stereocenters. The average molecular weight is 497 g/mol. The van der Waals surface area contributed by atoms with Gasteiger partial charge in [-0.05, 0) is 18.2 Å². The van der Waals surface area contributed by atoms with Gasteiger partial charge in [0.2, 0.25) is 5.88 Å². The predicted octanol–water partition coefficient (Wildman–Crippen LogP) is 3.18. The van der Waals surface area contributed by atoms with E-state index in [2.05, 4.69) is 10.4 Å². The summed E-state index contributed by atoms with van der Waals surface area (Å²) in [5.41, 5.74) is -1.13. The first-order chi connectivity index (χ1) is 15.4. The van der Waals surface area contributed by atoms with Gasteiger partial charge in [-0.1, -0.05) is 0 Å². The Kier molecular flexibility index (Phi) is 6.16. The zero-order valence-corrected chi connectivity index (χ0v) is 17.4. The third-order valence-electron chi connectivity index (χ3n) is 4.98. The number of rotatable bonds is 5. The van der Waals surface area contributed by atoms with Crippen molar-refractivity contribution >= 4 is 17.7 Å². The summed E-state index contributed by atoms with van der Waals surface area (Å²) in [6.07, 6.45) is -10.8. The van der Waals surface area contributed by atoms with Crippen LogP contribution in [0, 0.1) is 0 Å². The molecule has 2 aliphatic heterocycles. The molecule has 2 N–H and O–H groups in total. The Bertz CT molecular complexity index is 1020. The number of aliphatic hydroxyl groups is 1. The summed E-state index contributed by atoms with van der Waals surface area (Å²) in [7, 11) is 0. The monoisotopic (exact) mass is 497 g/mol. The molecule has 180 valence electrons. The number of hydrogen-bond acceptors (Lipinski definition) is 6. The molecule has 14 heteroatoms. The number of nitrogens with one attached hydrogen (secondary N) is 1. The third-order valence-corrected chi connectivity index (χ3v) is 6.12. The second-order valence-electron chi connectivity index (χ2n) is 7.51. The lowest BCUT2D eigenvalue weighted by Gasteiger charge is -2.31. The third kappa shape index (κ3) is 5.32. The van der Waals surface area contributed by atoms with Crippen molar-refractivity contribution in [3.8, 4) is 11.6 Å². The quantitative estimate of drug-likeness (QED) is 0.618. The molecule has 0 fully saturated rings. The Balaban J connectivity index is 1.36. The van der Waals surface area contributed by atoms with E-state index in [0.29, 0.717) is 11.8 Å². The number of carbonyl (C=O) groups excluding carboxylic acids is 1. The normalized spacial score (nSPS) is 22.2. The number of nitrogens with zero attached hydrogens (tertiary/aromatic N) is 2. The molecule has 7 nitrogen and oxygen atoms in total. The number of benzene rings is 1. The van der Waals surface area contributed by atoms with Gasteiger partial charge in [-0.15, -0.1) is 11.8 Å². The molecule has 1 aromatic carbocycles. The molecule has 4 rings (SSSR count). The molecule has 2 aromatic rings. The van der Waals surface area contributed by atoms with E-state index in [1.807, 2.05) is 0 Å². The summed E-state index contributed by atoms with van der Waals surface area (Å²) in [5, 5.41) is 17.0. The van der Waals surface area contributed by atoms with Gasteiger partial charge in [0.1, 0.15) is 24.6 Å².